The number of hydrogen-bond acceptors (Lipinski definition) is 4. The molecule has 1 spiro atoms. The van der Waals surface area contributed by atoms with Crippen molar-refractivity contribution >= 4 is 0 Å². The molecule has 0 amide bonds. The molecule has 21 heavy (non-hydrogen) atoms. The maximum atomic E-state index is 6.42. The summed E-state index contributed by atoms with van der Waals surface area (Å²) >= 11 is 0. The van der Waals surface area contributed by atoms with Gasteiger partial charge in [-0.05, 0) is 24.1 Å². The molecule has 0 aliphatic carbocycles. The number of ether oxygens (including phenoxy) is 3. The second kappa shape index (κ2) is 5.50. The zero-order valence-corrected chi connectivity index (χ0v) is 13.1. The Hall–Kier alpha value is -1.26. The molecule has 1 fully saturated rings. The number of hydrogen-bond donors (Lipinski definition) is 1. The molecule has 4 heteroatoms. The quantitative estimate of drug-likeness (QED) is 0.910. The highest BCUT2D eigenvalue weighted by Crippen LogP contribution is 2.45. The molecule has 2 unspecified atom stereocenters. The van der Waals surface area contributed by atoms with Crippen molar-refractivity contribution in [3.05, 3.63) is 23.8 Å². The van der Waals surface area contributed by atoms with Crippen LogP contribution in [-0.2, 0) is 4.74 Å². The topological polar surface area (TPSA) is 53.7 Å². The molecule has 0 radical (unpaired) electrons. The average molecular weight is 291 g/mol. The third-order valence-corrected chi connectivity index (χ3v) is 4.74. The molecule has 116 valence electrons. The van der Waals surface area contributed by atoms with E-state index < -0.39 is 0 Å². The van der Waals surface area contributed by atoms with E-state index in [1.54, 1.807) is 7.11 Å². The molecule has 0 saturated carbocycles. The summed E-state index contributed by atoms with van der Waals surface area (Å²) in [4.78, 5) is 0. The summed E-state index contributed by atoms with van der Waals surface area (Å²) in [7, 11) is 1.67. The highest BCUT2D eigenvalue weighted by Gasteiger charge is 2.44. The maximum Gasteiger partial charge on any atom is 0.125 e. The first-order valence-corrected chi connectivity index (χ1v) is 7.77. The second-order valence-electron chi connectivity index (χ2n) is 6.61. The van der Waals surface area contributed by atoms with Gasteiger partial charge in [0.2, 0.25) is 0 Å². The molecule has 2 heterocycles. The lowest BCUT2D eigenvalue weighted by Crippen LogP contribution is -2.50. The summed E-state index contributed by atoms with van der Waals surface area (Å²) in [5.74, 6) is 2.23. The first kappa shape index (κ1) is 14.7. The summed E-state index contributed by atoms with van der Waals surface area (Å²) in [6, 6.07) is 5.90. The van der Waals surface area contributed by atoms with Gasteiger partial charge in [0.1, 0.15) is 17.1 Å². The van der Waals surface area contributed by atoms with E-state index in [0.717, 1.165) is 42.9 Å². The van der Waals surface area contributed by atoms with E-state index in [2.05, 4.69) is 13.8 Å². The summed E-state index contributed by atoms with van der Waals surface area (Å²) in [6.07, 6.45) is 2.93. The van der Waals surface area contributed by atoms with Crippen LogP contribution in [0.4, 0.5) is 0 Å². The van der Waals surface area contributed by atoms with Gasteiger partial charge in [-0.25, -0.2) is 0 Å². The van der Waals surface area contributed by atoms with Crippen LogP contribution in [0.15, 0.2) is 18.2 Å². The first-order chi connectivity index (χ1) is 10.0. The second-order valence-corrected chi connectivity index (χ2v) is 6.61. The van der Waals surface area contributed by atoms with Crippen LogP contribution >= 0.6 is 0 Å². The van der Waals surface area contributed by atoms with Crippen LogP contribution < -0.4 is 15.2 Å². The monoisotopic (exact) mass is 291 g/mol. The van der Waals surface area contributed by atoms with Crippen LogP contribution in [0.25, 0.3) is 0 Å². The lowest BCUT2D eigenvalue weighted by molar-refractivity contribution is -0.115. The van der Waals surface area contributed by atoms with Crippen molar-refractivity contribution in [3.63, 3.8) is 0 Å². The van der Waals surface area contributed by atoms with Gasteiger partial charge in [0.25, 0.3) is 0 Å². The number of rotatable bonds is 2. The summed E-state index contributed by atoms with van der Waals surface area (Å²) in [6.45, 7) is 5.15. The zero-order valence-electron chi connectivity index (χ0n) is 13.1. The fourth-order valence-corrected chi connectivity index (χ4v) is 3.45. The normalized spacial score (nSPS) is 31.9. The van der Waals surface area contributed by atoms with Gasteiger partial charge >= 0.3 is 0 Å². The van der Waals surface area contributed by atoms with Crippen molar-refractivity contribution in [2.24, 2.45) is 11.7 Å². The van der Waals surface area contributed by atoms with Crippen LogP contribution in [0.3, 0.4) is 0 Å². The first-order valence-electron chi connectivity index (χ1n) is 7.77. The number of benzene rings is 1. The molecule has 3 atom stereocenters. The van der Waals surface area contributed by atoms with Gasteiger partial charge in [-0.15, -0.1) is 0 Å². The Morgan fingerprint density at radius 1 is 1.33 bits per heavy atom. The van der Waals surface area contributed by atoms with E-state index in [9.17, 15) is 0 Å². The van der Waals surface area contributed by atoms with Crippen molar-refractivity contribution in [3.8, 4) is 11.5 Å². The van der Waals surface area contributed by atoms with Gasteiger partial charge in [-0.1, -0.05) is 13.8 Å². The Kier molecular flexibility index (Phi) is 3.84. The minimum absolute atomic E-state index is 0.00485. The Morgan fingerprint density at radius 2 is 2.14 bits per heavy atom. The van der Waals surface area contributed by atoms with Crippen molar-refractivity contribution < 1.29 is 14.2 Å². The summed E-state index contributed by atoms with van der Waals surface area (Å²) in [5.41, 5.74) is 7.30. The van der Waals surface area contributed by atoms with Crippen LogP contribution in [0.5, 0.6) is 11.5 Å². The Bertz CT molecular complexity index is 517. The molecule has 4 nitrogen and oxygen atoms in total. The third kappa shape index (κ3) is 2.74. The number of nitrogens with two attached hydrogens (primary N) is 1. The molecule has 2 aliphatic rings. The van der Waals surface area contributed by atoms with E-state index in [0.29, 0.717) is 5.92 Å². The lowest BCUT2D eigenvalue weighted by Gasteiger charge is -2.46. The molecule has 2 aliphatic heterocycles. The van der Waals surface area contributed by atoms with Gasteiger partial charge in [-0.2, -0.15) is 0 Å². The van der Waals surface area contributed by atoms with Gasteiger partial charge in [0.15, 0.2) is 0 Å². The van der Waals surface area contributed by atoms with Crippen LogP contribution in [0.1, 0.15) is 44.7 Å². The van der Waals surface area contributed by atoms with E-state index in [-0.39, 0.29) is 17.7 Å². The molecule has 1 aromatic carbocycles. The Labute approximate surface area is 126 Å². The minimum Gasteiger partial charge on any atom is -0.497 e. The molecule has 1 aromatic rings. The molecule has 1 saturated heterocycles. The molecule has 0 bridgehead atoms. The number of fused-ring (bicyclic) bond motifs is 1. The minimum atomic E-state index is -0.172. The largest absolute Gasteiger partial charge is 0.497 e. The van der Waals surface area contributed by atoms with Gasteiger partial charge < -0.3 is 19.9 Å². The Balaban J connectivity index is 1.87. The van der Waals surface area contributed by atoms with Gasteiger partial charge in [0, 0.05) is 30.9 Å². The van der Waals surface area contributed by atoms with Crippen molar-refractivity contribution in [1.29, 1.82) is 0 Å². The molecule has 0 aromatic heterocycles. The number of methoxy groups -OCH3 is 1. The molecular formula is C17H25NO3. The molecule has 3 rings (SSSR count). The van der Waals surface area contributed by atoms with Gasteiger partial charge in [0.05, 0.1) is 19.8 Å². The molecular weight excluding hydrogens is 266 g/mol. The van der Waals surface area contributed by atoms with E-state index >= 15 is 0 Å². The predicted molar refractivity (Wildman–Crippen MR) is 81.7 cm³/mol. The lowest BCUT2D eigenvalue weighted by atomic mass is 9.78. The maximum absolute atomic E-state index is 6.42. The standard InChI is InChI=1S/C17H25NO3/c1-11(2)16-10-17(6-7-20-16)9-14(18)13-8-12(19-3)4-5-15(13)21-17/h4-5,8,11,14,16H,6-7,9-10,18H2,1-3H3/t14-,16?,17?/m1/s1. The van der Waals surface area contributed by atoms with E-state index in [4.69, 9.17) is 19.9 Å². The van der Waals surface area contributed by atoms with Crippen molar-refractivity contribution in [2.45, 2.75) is 50.9 Å². The predicted octanol–water partition coefficient (Wildman–Crippen LogP) is 3.05. The van der Waals surface area contributed by atoms with Crippen LogP contribution in [0.2, 0.25) is 0 Å². The summed E-state index contributed by atoms with van der Waals surface area (Å²) in [5, 5.41) is 0. The van der Waals surface area contributed by atoms with Crippen molar-refractivity contribution in [1.82, 2.24) is 0 Å². The highest BCUT2D eigenvalue weighted by molar-refractivity contribution is 5.44. The van der Waals surface area contributed by atoms with E-state index in [1.165, 1.54) is 0 Å². The van der Waals surface area contributed by atoms with E-state index in [1.807, 2.05) is 18.2 Å². The van der Waals surface area contributed by atoms with Gasteiger partial charge in [-0.3, -0.25) is 0 Å². The summed E-state index contributed by atoms with van der Waals surface area (Å²) < 4.78 is 17.6. The van der Waals surface area contributed by atoms with Crippen molar-refractivity contribution in [2.75, 3.05) is 13.7 Å². The highest BCUT2D eigenvalue weighted by atomic mass is 16.5. The molecule has 2 N–H and O–H groups in total. The van der Waals surface area contributed by atoms with Crippen LogP contribution in [0, 0.1) is 5.92 Å². The fourth-order valence-electron chi connectivity index (χ4n) is 3.45. The zero-order chi connectivity index (χ0) is 15.0. The smallest absolute Gasteiger partial charge is 0.125 e. The SMILES string of the molecule is COc1ccc2c(c1)[C@H](N)CC1(CCOC(C(C)C)C1)O2. The Morgan fingerprint density at radius 3 is 2.86 bits per heavy atom. The fraction of sp³-hybridized carbons (Fsp3) is 0.647. The van der Waals surface area contributed by atoms with Crippen LogP contribution in [-0.4, -0.2) is 25.4 Å². The average Bonchev–Trinajstić information content (AvgIpc) is 2.47. The third-order valence-electron chi connectivity index (χ3n) is 4.74.